The molecule has 4 aromatic rings. The van der Waals surface area contributed by atoms with Gasteiger partial charge >= 0.3 is 0 Å². The van der Waals surface area contributed by atoms with E-state index >= 15 is 0 Å². The van der Waals surface area contributed by atoms with Gasteiger partial charge in [0, 0.05) is 43.0 Å². The summed E-state index contributed by atoms with van der Waals surface area (Å²) in [6.07, 6.45) is 4.75. The maximum Gasteiger partial charge on any atom is 0.285 e. The number of pyridine rings is 1. The Morgan fingerprint density at radius 3 is 2.67 bits per heavy atom. The van der Waals surface area contributed by atoms with Crippen LogP contribution in [0.3, 0.4) is 0 Å². The third-order valence-electron chi connectivity index (χ3n) is 8.18. The van der Waals surface area contributed by atoms with E-state index in [1.807, 2.05) is 36.8 Å². The topological polar surface area (TPSA) is 155 Å². The number of hydrogen-bond acceptors (Lipinski definition) is 9. The minimum atomic E-state index is -3.83. The zero-order chi connectivity index (χ0) is 29.9. The zero-order valence-electron chi connectivity index (χ0n) is 23.6. The highest BCUT2D eigenvalue weighted by Crippen LogP contribution is 2.47. The van der Waals surface area contributed by atoms with Gasteiger partial charge in [0.1, 0.15) is 5.15 Å². The van der Waals surface area contributed by atoms with Gasteiger partial charge in [0.2, 0.25) is 16.0 Å². The standard InChI is InChI=1S/C28H31ClN8O4S/c1-14-9-17(15(2)31-21-5-6-23(29)32-25(21)26(38)35-42(4,40)41)24-19(10-14)27(39)36(3)28(33-24)37-13-16-11-18(22(37)12-16)20-7-8-30-34-20/h5-10,15-16,18,22,31H,11-13H2,1-4H3,(H,30,34)(H,35,38)/t15-,16-,18-,22-/m1/s1. The van der Waals surface area contributed by atoms with Gasteiger partial charge in [-0.1, -0.05) is 17.7 Å². The number of anilines is 2. The average Bonchev–Trinajstić information content (AvgIpc) is 3.68. The monoisotopic (exact) mass is 610 g/mol. The molecule has 1 amide bonds. The maximum atomic E-state index is 13.7. The fraction of sp³-hybridized carbons (Fsp3) is 0.393. The number of fused-ring (bicyclic) bond motifs is 3. The first-order valence-corrected chi connectivity index (χ1v) is 15.9. The number of aromatic amines is 1. The van der Waals surface area contributed by atoms with Crippen LogP contribution < -0.4 is 20.5 Å². The number of halogens is 1. The van der Waals surface area contributed by atoms with Crippen LogP contribution in [-0.2, 0) is 17.1 Å². The zero-order valence-corrected chi connectivity index (χ0v) is 25.1. The highest BCUT2D eigenvalue weighted by atomic mass is 35.5. The number of aryl methyl sites for hydroxylation is 1. The minimum absolute atomic E-state index is 0.0380. The molecule has 1 aliphatic heterocycles. The second-order valence-corrected chi connectivity index (χ2v) is 13.4. The highest BCUT2D eigenvalue weighted by molar-refractivity contribution is 7.89. The predicted octanol–water partition coefficient (Wildman–Crippen LogP) is 3.26. The van der Waals surface area contributed by atoms with Gasteiger partial charge in [-0.15, -0.1) is 0 Å². The summed E-state index contributed by atoms with van der Waals surface area (Å²) in [4.78, 5) is 37.9. The van der Waals surface area contributed by atoms with Crippen molar-refractivity contribution in [2.75, 3.05) is 23.0 Å². The number of nitrogens with one attached hydrogen (secondary N) is 3. The lowest BCUT2D eigenvalue weighted by atomic mass is 9.95. The van der Waals surface area contributed by atoms with E-state index in [1.54, 1.807) is 23.9 Å². The lowest BCUT2D eigenvalue weighted by molar-refractivity contribution is 0.0977. The van der Waals surface area contributed by atoms with Crippen molar-refractivity contribution in [2.45, 2.75) is 44.7 Å². The lowest BCUT2D eigenvalue weighted by Gasteiger charge is -2.34. The fourth-order valence-electron chi connectivity index (χ4n) is 6.44. The Balaban J connectivity index is 1.40. The van der Waals surface area contributed by atoms with E-state index in [9.17, 15) is 18.0 Å². The number of sulfonamides is 1. The van der Waals surface area contributed by atoms with Crippen molar-refractivity contribution in [3.05, 3.63) is 74.6 Å². The molecule has 0 unspecified atom stereocenters. The molecule has 4 heterocycles. The van der Waals surface area contributed by atoms with Crippen LogP contribution in [-0.4, -0.2) is 57.9 Å². The maximum absolute atomic E-state index is 13.7. The molecule has 1 saturated heterocycles. The number of hydrogen-bond donors (Lipinski definition) is 3. The van der Waals surface area contributed by atoms with E-state index < -0.39 is 22.0 Å². The van der Waals surface area contributed by atoms with Crippen LogP contribution in [0.15, 0.2) is 41.3 Å². The molecule has 12 nitrogen and oxygen atoms in total. The molecule has 3 aromatic heterocycles. The Bertz CT molecular complexity index is 1880. The first-order valence-electron chi connectivity index (χ1n) is 13.6. The number of nitrogens with zero attached hydrogens (tertiary/aromatic N) is 5. The number of piperidine rings is 1. The van der Waals surface area contributed by atoms with Crippen LogP contribution in [0.2, 0.25) is 5.15 Å². The van der Waals surface area contributed by atoms with Crippen LogP contribution in [0, 0.1) is 12.8 Å². The second-order valence-electron chi connectivity index (χ2n) is 11.3. The van der Waals surface area contributed by atoms with E-state index in [0.29, 0.717) is 22.8 Å². The van der Waals surface area contributed by atoms with Crippen LogP contribution in [0.1, 0.15) is 59.0 Å². The first kappa shape index (κ1) is 28.2. The van der Waals surface area contributed by atoms with Crippen LogP contribution >= 0.6 is 11.6 Å². The van der Waals surface area contributed by atoms with Crippen molar-refractivity contribution in [1.29, 1.82) is 0 Å². The number of H-pyrrole nitrogens is 1. The molecule has 6 rings (SSSR count). The Hall–Kier alpha value is -3.97. The van der Waals surface area contributed by atoms with Crippen molar-refractivity contribution in [1.82, 2.24) is 29.5 Å². The molecular formula is C28H31ClN8O4S. The summed E-state index contributed by atoms with van der Waals surface area (Å²) < 4.78 is 27.0. The van der Waals surface area contributed by atoms with Gasteiger partial charge in [-0.25, -0.2) is 23.1 Å². The molecule has 2 bridgehead atoms. The van der Waals surface area contributed by atoms with Gasteiger partial charge in [-0.2, -0.15) is 5.10 Å². The first-order chi connectivity index (χ1) is 19.9. The molecule has 220 valence electrons. The van der Waals surface area contributed by atoms with Gasteiger partial charge in [0.05, 0.1) is 28.9 Å². The molecule has 4 atom stereocenters. The lowest BCUT2D eigenvalue weighted by Crippen LogP contribution is -2.41. The third kappa shape index (κ3) is 5.11. The molecule has 42 heavy (non-hydrogen) atoms. The molecule has 2 aliphatic rings. The van der Waals surface area contributed by atoms with Crippen molar-refractivity contribution < 1.29 is 13.2 Å². The van der Waals surface area contributed by atoms with E-state index in [-0.39, 0.29) is 34.1 Å². The van der Waals surface area contributed by atoms with Crippen LogP contribution in [0.25, 0.3) is 10.9 Å². The number of aromatic nitrogens is 5. The summed E-state index contributed by atoms with van der Waals surface area (Å²) in [5, 5.41) is 11.1. The van der Waals surface area contributed by atoms with E-state index in [1.165, 1.54) is 6.07 Å². The predicted molar refractivity (Wildman–Crippen MR) is 161 cm³/mol. The smallest absolute Gasteiger partial charge is 0.285 e. The summed E-state index contributed by atoms with van der Waals surface area (Å²) in [6, 6.07) is 8.64. The second kappa shape index (κ2) is 10.4. The molecule has 1 saturated carbocycles. The summed E-state index contributed by atoms with van der Waals surface area (Å²) in [7, 11) is -2.07. The minimum Gasteiger partial charge on any atom is -0.377 e. The summed E-state index contributed by atoms with van der Waals surface area (Å²) in [5.41, 5.74) is 3.26. The number of amides is 1. The highest BCUT2D eigenvalue weighted by Gasteiger charge is 2.47. The Morgan fingerprint density at radius 1 is 1.19 bits per heavy atom. The fourth-order valence-corrected chi connectivity index (χ4v) is 7.02. The summed E-state index contributed by atoms with van der Waals surface area (Å²) in [6.45, 7) is 4.61. The van der Waals surface area contributed by atoms with E-state index in [0.717, 1.165) is 42.5 Å². The summed E-state index contributed by atoms with van der Waals surface area (Å²) >= 11 is 6.04. The SMILES string of the molecule is Cc1cc([C@@H](C)Nc2ccc(Cl)nc2C(=O)NS(C)(=O)=O)c2nc(N3C[C@@H]4C[C@H](c5ccn[nH]5)[C@H]3C4)n(C)c(=O)c2c1. The van der Waals surface area contributed by atoms with E-state index in [2.05, 4.69) is 25.4 Å². The van der Waals surface area contributed by atoms with Crippen molar-refractivity contribution in [3.8, 4) is 0 Å². The molecule has 14 heteroatoms. The van der Waals surface area contributed by atoms with Crippen LogP contribution in [0.4, 0.5) is 11.6 Å². The molecular weight excluding hydrogens is 580 g/mol. The largest absolute Gasteiger partial charge is 0.377 e. The van der Waals surface area contributed by atoms with Crippen molar-refractivity contribution >= 4 is 50.1 Å². The average molecular weight is 611 g/mol. The van der Waals surface area contributed by atoms with Gasteiger partial charge in [-0.05, 0) is 62.4 Å². The normalized spacial score (nSPS) is 20.7. The number of carbonyl (C=O) groups excluding carboxylic acids is 1. The van der Waals surface area contributed by atoms with Gasteiger partial charge in [0.25, 0.3) is 11.5 Å². The number of benzene rings is 1. The molecule has 1 aromatic carbocycles. The quantitative estimate of drug-likeness (QED) is 0.267. The van der Waals surface area contributed by atoms with Gasteiger partial charge in [-0.3, -0.25) is 19.3 Å². The number of rotatable bonds is 7. The van der Waals surface area contributed by atoms with Crippen molar-refractivity contribution in [2.24, 2.45) is 13.0 Å². The van der Waals surface area contributed by atoms with Gasteiger partial charge in [0.15, 0.2) is 5.69 Å². The Morgan fingerprint density at radius 2 is 1.98 bits per heavy atom. The third-order valence-corrected chi connectivity index (χ3v) is 8.95. The van der Waals surface area contributed by atoms with Crippen molar-refractivity contribution in [3.63, 3.8) is 0 Å². The number of carbonyl (C=O) groups is 1. The Labute approximate surface area is 247 Å². The van der Waals surface area contributed by atoms with Crippen LogP contribution in [0.5, 0.6) is 0 Å². The molecule has 3 N–H and O–H groups in total. The summed E-state index contributed by atoms with van der Waals surface area (Å²) in [5.74, 6) is 0.491. The molecule has 2 fully saturated rings. The molecule has 1 aliphatic carbocycles. The molecule has 0 spiro atoms. The van der Waals surface area contributed by atoms with Gasteiger partial charge < -0.3 is 10.2 Å². The Kier molecular flexibility index (Phi) is 6.97. The van der Waals surface area contributed by atoms with E-state index in [4.69, 9.17) is 16.6 Å². The molecule has 0 radical (unpaired) electrons.